The van der Waals surface area contributed by atoms with E-state index in [1.165, 1.54) is 11.8 Å². The fourth-order valence-electron chi connectivity index (χ4n) is 1.57. The van der Waals surface area contributed by atoms with E-state index in [9.17, 15) is 9.90 Å². The highest BCUT2D eigenvalue weighted by molar-refractivity contribution is 5.80. The van der Waals surface area contributed by atoms with Crippen LogP contribution in [-0.4, -0.2) is 57.5 Å². The number of hydrogen-bond acceptors (Lipinski definition) is 4. The Balaban J connectivity index is 2.62. The van der Waals surface area contributed by atoms with Gasteiger partial charge in [0.25, 0.3) is 5.91 Å². The van der Waals surface area contributed by atoms with Gasteiger partial charge in [-0.25, -0.2) is 0 Å². The van der Waals surface area contributed by atoms with Gasteiger partial charge in [-0.15, -0.1) is 0 Å². The minimum atomic E-state index is -1.07. The van der Waals surface area contributed by atoms with E-state index < -0.39 is 18.1 Å². The molecule has 0 saturated carbocycles. The zero-order valence-corrected chi connectivity index (χ0v) is 7.55. The summed E-state index contributed by atoms with van der Waals surface area (Å²) in [5.41, 5.74) is 0. The predicted octanol–water partition coefficient (Wildman–Crippen LogP) is -1.68. The summed E-state index contributed by atoms with van der Waals surface area (Å²) in [7, 11) is 0. The number of aliphatic hydroxyl groups is 3. The lowest BCUT2D eigenvalue weighted by Crippen LogP contribution is -2.42. The summed E-state index contributed by atoms with van der Waals surface area (Å²) in [5, 5.41) is 27.2. The van der Waals surface area contributed by atoms with Crippen LogP contribution in [0.4, 0.5) is 0 Å². The van der Waals surface area contributed by atoms with Crippen molar-refractivity contribution in [2.24, 2.45) is 0 Å². The highest BCUT2D eigenvalue weighted by Gasteiger charge is 2.34. The maximum atomic E-state index is 11.3. The number of β-amino-alcohol motifs (C(OH)–C–C–N with tert-alkyl or cyclic N) is 1. The van der Waals surface area contributed by atoms with Crippen molar-refractivity contribution in [2.45, 2.75) is 31.6 Å². The van der Waals surface area contributed by atoms with E-state index in [0.717, 1.165) is 0 Å². The molecule has 13 heavy (non-hydrogen) atoms. The lowest BCUT2D eigenvalue weighted by Gasteiger charge is -2.23. The Hall–Kier alpha value is -0.650. The molecule has 1 aliphatic heterocycles. The molecular weight excluding hydrogens is 174 g/mol. The zero-order chi connectivity index (χ0) is 10.0. The van der Waals surface area contributed by atoms with Crippen molar-refractivity contribution in [3.63, 3.8) is 0 Å². The molecule has 3 N–H and O–H groups in total. The average Bonchev–Trinajstić information content (AvgIpc) is 2.45. The van der Waals surface area contributed by atoms with E-state index in [0.29, 0.717) is 6.42 Å². The van der Waals surface area contributed by atoms with Crippen molar-refractivity contribution in [2.75, 3.05) is 13.2 Å². The number of nitrogens with zero attached hydrogens (tertiary/aromatic N) is 1. The van der Waals surface area contributed by atoms with E-state index in [4.69, 9.17) is 10.2 Å². The van der Waals surface area contributed by atoms with Crippen LogP contribution in [0.25, 0.3) is 0 Å². The second-order valence-corrected chi connectivity index (χ2v) is 3.39. The second kappa shape index (κ2) is 4.04. The fourth-order valence-corrected chi connectivity index (χ4v) is 1.57. The maximum absolute atomic E-state index is 11.3. The van der Waals surface area contributed by atoms with E-state index in [2.05, 4.69) is 0 Å². The van der Waals surface area contributed by atoms with Crippen molar-refractivity contribution in [1.29, 1.82) is 0 Å². The smallest absolute Gasteiger partial charge is 0.251 e. The SMILES string of the molecule is C[C@@H](O)C(=O)N1CC(O)CC1CO. The van der Waals surface area contributed by atoms with Crippen LogP contribution in [0.2, 0.25) is 0 Å². The number of likely N-dealkylation sites (tertiary alicyclic amines) is 1. The lowest BCUT2D eigenvalue weighted by molar-refractivity contribution is -0.141. The molecule has 0 aromatic carbocycles. The molecule has 0 aliphatic carbocycles. The van der Waals surface area contributed by atoms with Gasteiger partial charge in [0.1, 0.15) is 6.10 Å². The summed E-state index contributed by atoms with van der Waals surface area (Å²) in [6.45, 7) is 1.41. The van der Waals surface area contributed by atoms with Crippen molar-refractivity contribution >= 4 is 5.91 Å². The standard InChI is InChI=1S/C8H15NO4/c1-5(11)8(13)9-3-7(12)2-6(9)4-10/h5-7,10-12H,2-4H2,1H3/t5-,6?,7?/m1/s1. The number of aliphatic hydroxyl groups excluding tert-OH is 3. The van der Waals surface area contributed by atoms with Gasteiger partial charge < -0.3 is 20.2 Å². The van der Waals surface area contributed by atoms with Gasteiger partial charge in [-0.1, -0.05) is 0 Å². The molecule has 2 unspecified atom stereocenters. The summed E-state index contributed by atoms with van der Waals surface area (Å²) in [5.74, 6) is -0.435. The molecular formula is C8H15NO4. The van der Waals surface area contributed by atoms with Gasteiger partial charge in [0.15, 0.2) is 0 Å². The topological polar surface area (TPSA) is 81.0 Å². The lowest BCUT2D eigenvalue weighted by atomic mass is 10.2. The van der Waals surface area contributed by atoms with Gasteiger partial charge in [-0.05, 0) is 13.3 Å². The monoisotopic (exact) mass is 189 g/mol. The minimum Gasteiger partial charge on any atom is -0.394 e. The average molecular weight is 189 g/mol. The molecule has 3 atom stereocenters. The molecule has 1 heterocycles. The van der Waals surface area contributed by atoms with Gasteiger partial charge in [0, 0.05) is 6.54 Å². The van der Waals surface area contributed by atoms with Crippen LogP contribution in [0.3, 0.4) is 0 Å². The van der Waals surface area contributed by atoms with Crippen molar-refractivity contribution in [3.8, 4) is 0 Å². The summed E-state index contributed by atoms with van der Waals surface area (Å²) < 4.78 is 0. The Morgan fingerprint density at radius 2 is 2.31 bits per heavy atom. The maximum Gasteiger partial charge on any atom is 0.251 e. The normalized spacial score (nSPS) is 30.6. The highest BCUT2D eigenvalue weighted by Crippen LogP contribution is 2.18. The van der Waals surface area contributed by atoms with Crippen LogP contribution in [0.1, 0.15) is 13.3 Å². The Bertz CT molecular complexity index is 195. The molecule has 1 aliphatic rings. The third-order valence-corrected chi connectivity index (χ3v) is 2.24. The Morgan fingerprint density at radius 3 is 2.77 bits per heavy atom. The number of carbonyl (C=O) groups is 1. The highest BCUT2D eigenvalue weighted by atomic mass is 16.3. The number of carbonyl (C=O) groups excluding carboxylic acids is 1. The van der Waals surface area contributed by atoms with Crippen LogP contribution < -0.4 is 0 Å². The van der Waals surface area contributed by atoms with E-state index in [1.807, 2.05) is 0 Å². The van der Waals surface area contributed by atoms with Gasteiger partial charge in [0.05, 0.1) is 18.8 Å². The molecule has 1 fully saturated rings. The van der Waals surface area contributed by atoms with Gasteiger partial charge in [-0.2, -0.15) is 0 Å². The Morgan fingerprint density at radius 1 is 1.69 bits per heavy atom. The molecule has 0 bridgehead atoms. The van der Waals surface area contributed by atoms with Crippen LogP contribution in [0, 0.1) is 0 Å². The van der Waals surface area contributed by atoms with Crippen molar-refractivity contribution in [3.05, 3.63) is 0 Å². The predicted molar refractivity (Wildman–Crippen MR) is 44.9 cm³/mol. The van der Waals surface area contributed by atoms with Crippen LogP contribution in [0.15, 0.2) is 0 Å². The summed E-state index contributed by atoms with van der Waals surface area (Å²) >= 11 is 0. The van der Waals surface area contributed by atoms with Crippen LogP contribution in [-0.2, 0) is 4.79 Å². The fraction of sp³-hybridized carbons (Fsp3) is 0.875. The summed E-state index contributed by atoms with van der Waals surface area (Å²) in [4.78, 5) is 12.6. The molecule has 5 heteroatoms. The third kappa shape index (κ3) is 2.18. The quantitative estimate of drug-likeness (QED) is 0.484. The van der Waals surface area contributed by atoms with Crippen LogP contribution in [0.5, 0.6) is 0 Å². The molecule has 1 rings (SSSR count). The van der Waals surface area contributed by atoms with E-state index in [1.54, 1.807) is 0 Å². The first-order chi connectivity index (χ1) is 6.06. The molecule has 0 aromatic heterocycles. The first-order valence-electron chi connectivity index (χ1n) is 4.33. The van der Waals surface area contributed by atoms with Crippen molar-refractivity contribution in [1.82, 2.24) is 4.90 Å². The van der Waals surface area contributed by atoms with Crippen molar-refractivity contribution < 1.29 is 20.1 Å². The Kier molecular flexibility index (Phi) is 3.24. The molecule has 0 radical (unpaired) electrons. The summed E-state index contributed by atoms with van der Waals surface area (Å²) in [6.07, 6.45) is -1.27. The van der Waals surface area contributed by atoms with Crippen LogP contribution >= 0.6 is 0 Å². The molecule has 0 aromatic rings. The van der Waals surface area contributed by atoms with Gasteiger partial charge in [0.2, 0.25) is 0 Å². The molecule has 1 amide bonds. The second-order valence-electron chi connectivity index (χ2n) is 3.39. The number of rotatable bonds is 2. The Labute approximate surface area is 76.6 Å². The van der Waals surface area contributed by atoms with Gasteiger partial charge in [-0.3, -0.25) is 4.79 Å². The molecule has 76 valence electrons. The zero-order valence-electron chi connectivity index (χ0n) is 7.55. The summed E-state index contributed by atoms with van der Waals surface area (Å²) in [6, 6.07) is -0.350. The number of hydrogen-bond donors (Lipinski definition) is 3. The first-order valence-corrected chi connectivity index (χ1v) is 4.33. The third-order valence-electron chi connectivity index (χ3n) is 2.24. The molecule has 5 nitrogen and oxygen atoms in total. The van der Waals surface area contributed by atoms with Gasteiger partial charge >= 0.3 is 0 Å². The van der Waals surface area contributed by atoms with E-state index in [-0.39, 0.29) is 19.2 Å². The number of amides is 1. The van der Waals surface area contributed by atoms with E-state index >= 15 is 0 Å². The largest absolute Gasteiger partial charge is 0.394 e. The molecule has 0 spiro atoms. The molecule has 1 saturated heterocycles. The first kappa shape index (κ1) is 10.4. The minimum absolute atomic E-state index is 0.171.